The predicted molar refractivity (Wildman–Crippen MR) is 207 cm³/mol. The number of nitrogens with zero attached hydrogens (tertiary/aromatic N) is 4. The van der Waals surface area contributed by atoms with Gasteiger partial charge >= 0.3 is 0 Å². The Morgan fingerprint density at radius 2 is 1.12 bits per heavy atom. The van der Waals surface area contributed by atoms with Gasteiger partial charge in [-0.1, -0.05) is 103 Å². The molecule has 6 nitrogen and oxygen atoms in total. The van der Waals surface area contributed by atoms with E-state index >= 15 is 0 Å². The summed E-state index contributed by atoms with van der Waals surface area (Å²) in [5.74, 6) is 2.19. The molecule has 0 spiro atoms. The van der Waals surface area contributed by atoms with E-state index in [9.17, 15) is 0 Å². The quantitative estimate of drug-likeness (QED) is 0.185. The zero-order valence-electron chi connectivity index (χ0n) is 26.9. The van der Waals surface area contributed by atoms with Gasteiger partial charge < -0.3 is 8.83 Å². The third-order valence-electron chi connectivity index (χ3n) is 9.55. The molecule has 4 aromatic heterocycles. The standard InChI is InChI=1S/C44H24N4O2S/c1-2-11-26(12-3-1)41-46-42(28-20-21-31-30-14-6-8-16-33(30)49-34(31)23-28)48-43(47-41)39-38-32-15-7-9-17-36(32)51-37(38)24-35-40(39)45-44(50-35)29-19-18-25-10-4-5-13-27(25)22-29/h1-24H. The van der Waals surface area contributed by atoms with Gasteiger partial charge in [-0.05, 0) is 47.2 Å². The maximum absolute atomic E-state index is 6.59. The molecule has 0 fully saturated rings. The first-order valence-corrected chi connectivity index (χ1v) is 17.5. The van der Waals surface area contributed by atoms with Crippen LogP contribution in [0.25, 0.3) is 110 Å². The third-order valence-corrected chi connectivity index (χ3v) is 10.7. The van der Waals surface area contributed by atoms with E-state index in [2.05, 4.69) is 78.9 Å². The molecule has 11 rings (SSSR count). The smallest absolute Gasteiger partial charge is 0.227 e. The number of oxazole rings is 1. The summed E-state index contributed by atoms with van der Waals surface area (Å²) in [5.41, 5.74) is 6.46. The summed E-state index contributed by atoms with van der Waals surface area (Å²) in [6.07, 6.45) is 0. The first kappa shape index (κ1) is 28.2. The van der Waals surface area contributed by atoms with Gasteiger partial charge in [0.15, 0.2) is 23.1 Å². The Labute approximate surface area is 294 Å². The lowest BCUT2D eigenvalue weighted by atomic mass is 10.0. The highest BCUT2D eigenvalue weighted by Crippen LogP contribution is 2.45. The zero-order chi connectivity index (χ0) is 33.5. The van der Waals surface area contributed by atoms with Gasteiger partial charge in [0.1, 0.15) is 16.7 Å². The molecule has 7 aromatic carbocycles. The van der Waals surface area contributed by atoms with Gasteiger partial charge in [0.25, 0.3) is 0 Å². The van der Waals surface area contributed by atoms with E-state index in [0.717, 1.165) is 70.4 Å². The molecule has 238 valence electrons. The number of furan rings is 1. The van der Waals surface area contributed by atoms with Crippen LogP contribution in [0.3, 0.4) is 0 Å². The van der Waals surface area contributed by atoms with E-state index < -0.39 is 0 Å². The molecule has 7 heteroatoms. The van der Waals surface area contributed by atoms with Crippen molar-refractivity contribution in [3.05, 3.63) is 146 Å². The topological polar surface area (TPSA) is 77.8 Å². The highest BCUT2D eigenvalue weighted by Gasteiger charge is 2.24. The molecule has 51 heavy (non-hydrogen) atoms. The minimum absolute atomic E-state index is 0.529. The molecule has 0 aliphatic carbocycles. The van der Waals surface area contributed by atoms with Gasteiger partial charge in [-0.2, -0.15) is 0 Å². The van der Waals surface area contributed by atoms with Crippen LogP contribution in [0.1, 0.15) is 0 Å². The number of hydrogen-bond donors (Lipinski definition) is 0. The second-order valence-electron chi connectivity index (χ2n) is 12.6. The van der Waals surface area contributed by atoms with Crippen LogP contribution in [-0.4, -0.2) is 19.9 Å². The Kier molecular flexibility index (Phi) is 6.02. The van der Waals surface area contributed by atoms with Crippen LogP contribution in [0, 0.1) is 0 Å². The number of aromatic nitrogens is 4. The summed E-state index contributed by atoms with van der Waals surface area (Å²) in [4.78, 5) is 20.7. The number of thiophene rings is 1. The third kappa shape index (κ3) is 4.49. The van der Waals surface area contributed by atoms with Gasteiger partial charge in [0, 0.05) is 53.7 Å². The number of fused-ring (bicyclic) bond motifs is 8. The van der Waals surface area contributed by atoms with E-state index in [1.807, 2.05) is 66.7 Å². The SMILES string of the molecule is c1ccc(-c2nc(-c3ccc4c(c3)oc3ccccc34)nc(-c3c4nc(-c5ccc6ccccc6c5)oc4cc4sc5ccccc5c34)n2)cc1. The van der Waals surface area contributed by atoms with Crippen molar-refractivity contribution >= 4 is 75.3 Å². The van der Waals surface area contributed by atoms with Gasteiger partial charge in [-0.25, -0.2) is 19.9 Å². The Morgan fingerprint density at radius 1 is 0.412 bits per heavy atom. The van der Waals surface area contributed by atoms with Crippen LogP contribution in [0.15, 0.2) is 154 Å². The fourth-order valence-electron chi connectivity index (χ4n) is 7.13. The van der Waals surface area contributed by atoms with E-state index in [1.54, 1.807) is 11.3 Å². The Balaban J connectivity index is 1.20. The van der Waals surface area contributed by atoms with Crippen molar-refractivity contribution in [3.63, 3.8) is 0 Å². The van der Waals surface area contributed by atoms with Crippen molar-refractivity contribution in [2.45, 2.75) is 0 Å². The molecule has 0 unspecified atom stereocenters. The van der Waals surface area contributed by atoms with Crippen LogP contribution in [0.2, 0.25) is 0 Å². The number of para-hydroxylation sites is 1. The maximum atomic E-state index is 6.59. The van der Waals surface area contributed by atoms with Crippen molar-refractivity contribution < 1.29 is 8.83 Å². The largest absolute Gasteiger partial charge is 0.456 e. The van der Waals surface area contributed by atoms with Crippen molar-refractivity contribution in [1.82, 2.24) is 19.9 Å². The molecule has 4 heterocycles. The summed E-state index contributed by atoms with van der Waals surface area (Å²) in [6.45, 7) is 0. The van der Waals surface area contributed by atoms with Crippen molar-refractivity contribution in [1.29, 1.82) is 0 Å². The lowest BCUT2D eigenvalue weighted by molar-refractivity contribution is 0.620. The summed E-state index contributed by atoms with van der Waals surface area (Å²) < 4.78 is 15.1. The molecule has 0 atom stereocenters. The van der Waals surface area contributed by atoms with E-state index in [0.29, 0.717) is 34.5 Å². The average Bonchev–Trinajstić information content (AvgIpc) is 3.90. The molecule has 0 radical (unpaired) electrons. The molecule has 11 aromatic rings. The summed E-state index contributed by atoms with van der Waals surface area (Å²) in [6, 6.07) is 49.4. The highest BCUT2D eigenvalue weighted by atomic mass is 32.1. The fourth-order valence-corrected chi connectivity index (χ4v) is 8.28. The lowest BCUT2D eigenvalue weighted by Crippen LogP contribution is -2.01. The molecule has 0 saturated heterocycles. The summed E-state index contributed by atoms with van der Waals surface area (Å²) in [5, 5.41) is 6.58. The molecule has 0 N–H and O–H groups in total. The Hall–Kier alpha value is -6.70. The van der Waals surface area contributed by atoms with Crippen LogP contribution >= 0.6 is 11.3 Å². The number of hydrogen-bond acceptors (Lipinski definition) is 7. The first-order valence-electron chi connectivity index (χ1n) is 16.7. The van der Waals surface area contributed by atoms with Gasteiger partial charge in [-0.3, -0.25) is 0 Å². The Morgan fingerprint density at radius 3 is 2.02 bits per heavy atom. The molecule has 0 aliphatic heterocycles. The molecular formula is C44H24N4O2S. The van der Waals surface area contributed by atoms with Crippen molar-refractivity contribution in [2.24, 2.45) is 0 Å². The number of benzene rings is 7. The van der Waals surface area contributed by atoms with E-state index in [-0.39, 0.29) is 0 Å². The zero-order valence-corrected chi connectivity index (χ0v) is 27.7. The Bertz CT molecular complexity index is 3160. The molecular weight excluding hydrogens is 649 g/mol. The summed E-state index contributed by atoms with van der Waals surface area (Å²) in [7, 11) is 0. The normalized spacial score (nSPS) is 11.9. The molecule has 0 amide bonds. The second-order valence-corrected chi connectivity index (χ2v) is 13.7. The molecule has 0 aliphatic rings. The fraction of sp³-hybridized carbons (Fsp3) is 0. The highest BCUT2D eigenvalue weighted by molar-refractivity contribution is 7.26. The van der Waals surface area contributed by atoms with Crippen LogP contribution in [0.4, 0.5) is 0 Å². The van der Waals surface area contributed by atoms with Gasteiger partial charge in [-0.15, -0.1) is 11.3 Å². The maximum Gasteiger partial charge on any atom is 0.227 e. The molecule has 0 bridgehead atoms. The van der Waals surface area contributed by atoms with Gasteiger partial charge in [0.2, 0.25) is 5.89 Å². The summed E-state index contributed by atoms with van der Waals surface area (Å²) >= 11 is 1.73. The second kappa shape index (κ2) is 10.9. The minimum Gasteiger partial charge on any atom is -0.456 e. The van der Waals surface area contributed by atoms with Crippen molar-refractivity contribution in [3.8, 4) is 45.6 Å². The van der Waals surface area contributed by atoms with Crippen molar-refractivity contribution in [2.75, 3.05) is 0 Å². The lowest BCUT2D eigenvalue weighted by Gasteiger charge is -2.10. The average molecular weight is 673 g/mol. The monoisotopic (exact) mass is 672 g/mol. The predicted octanol–water partition coefficient (Wildman–Crippen LogP) is 12.1. The minimum atomic E-state index is 0.529. The van der Waals surface area contributed by atoms with Gasteiger partial charge in [0.05, 0.1) is 5.56 Å². The first-order chi connectivity index (χ1) is 25.2. The van der Waals surface area contributed by atoms with E-state index in [4.69, 9.17) is 28.8 Å². The molecule has 0 saturated carbocycles. The van der Waals surface area contributed by atoms with Crippen LogP contribution in [0.5, 0.6) is 0 Å². The van der Waals surface area contributed by atoms with Crippen LogP contribution < -0.4 is 0 Å². The van der Waals surface area contributed by atoms with Crippen LogP contribution in [-0.2, 0) is 0 Å². The number of rotatable bonds is 4. The van der Waals surface area contributed by atoms with E-state index in [1.165, 1.54) is 4.70 Å².